The maximum atomic E-state index is 11.3. The summed E-state index contributed by atoms with van der Waals surface area (Å²) in [7, 11) is -11.5. The van der Waals surface area contributed by atoms with E-state index in [0.29, 0.717) is 24.5 Å². The molecule has 0 amide bonds. The summed E-state index contributed by atoms with van der Waals surface area (Å²) >= 11 is 0. The molecule has 1 aliphatic rings. The minimum absolute atomic E-state index is 0. The van der Waals surface area contributed by atoms with E-state index in [1.165, 1.54) is 0 Å². The van der Waals surface area contributed by atoms with Gasteiger partial charge in [0.25, 0.3) is 0 Å². The molecular weight excluding hydrogens is 364 g/mol. The van der Waals surface area contributed by atoms with Gasteiger partial charge >= 0.3 is 59.1 Å². The molecule has 7 nitrogen and oxygen atoms in total. The van der Waals surface area contributed by atoms with Crippen LogP contribution in [0.4, 0.5) is 0 Å². The Morgan fingerprint density at radius 2 is 1.30 bits per heavy atom. The average Bonchev–Trinajstić information content (AvgIpc) is 2.07. The molecule has 1 saturated carbocycles. The van der Waals surface area contributed by atoms with Crippen molar-refractivity contribution in [1.82, 2.24) is 0 Å². The molecule has 2 unspecified atom stereocenters. The van der Waals surface area contributed by atoms with Crippen molar-refractivity contribution in [1.29, 1.82) is 0 Å². The Labute approximate surface area is 181 Å². The summed E-state index contributed by atoms with van der Waals surface area (Å²) in [5.41, 5.74) is -0.0767. The van der Waals surface area contributed by atoms with Gasteiger partial charge in [0.1, 0.15) is 0 Å². The van der Waals surface area contributed by atoms with E-state index in [1.54, 1.807) is 0 Å². The summed E-state index contributed by atoms with van der Waals surface area (Å²) in [6.07, 6.45) is 2.12. The van der Waals surface area contributed by atoms with Crippen molar-refractivity contribution in [3.8, 4) is 0 Å². The number of allylic oxidation sites excluding steroid dienone is 1. The number of hydrogen-bond donors (Lipinski definition) is 3. The molecule has 1 aliphatic carbocycles. The summed E-state index contributed by atoms with van der Waals surface area (Å²) in [5, 5.41) is 6.17. The Bertz CT molecular complexity index is 508. The molecule has 0 radical (unpaired) electrons. The van der Waals surface area contributed by atoms with Crippen molar-refractivity contribution in [2.24, 2.45) is 10.8 Å². The van der Waals surface area contributed by atoms with Crippen LogP contribution in [-0.4, -0.2) is 20.0 Å². The first-order valence-electron chi connectivity index (χ1n) is 6.50. The molecular formula is C12H22Na2O7P2. The standard InChI is InChI=1S/C12H24O7P2.2Na/c1-10(2)5-9(6-11(3,4)8-10)7-12(13,20(14,15)16)21(17,18)19;;/h7,13H,5-6,8H2,1-4H3,(H2,14,15,16)(H2,17,18,19);;/q;2*+1/p-2. The van der Waals surface area contributed by atoms with Gasteiger partial charge in [-0.2, -0.15) is 0 Å². The average molecular weight is 386 g/mol. The van der Waals surface area contributed by atoms with Gasteiger partial charge in [0.2, 0.25) is 5.08 Å². The fraction of sp³-hybridized carbons (Fsp3) is 0.833. The van der Waals surface area contributed by atoms with Crippen molar-refractivity contribution < 1.29 is 92.9 Å². The molecule has 1 rings (SSSR count). The van der Waals surface area contributed by atoms with Gasteiger partial charge in [-0.1, -0.05) is 33.3 Å². The van der Waals surface area contributed by atoms with Crippen LogP contribution in [-0.2, 0) is 9.13 Å². The molecule has 0 heterocycles. The van der Waals surface area contributed by atoms with Gasteiger partial charge in [-0.15, -0.1) is 0 Å². The maximum absolute atomic E-state index is 11.3. The van der Waals surface area contributed by atoms with Crippen molar-refractivity contribution >= 4 is 15.2 Å². The van der Waals surface area contributed by atoms with Crippen LogP contribution in [0.25, 0.3) is 0 Å². The normalized spacial score (nSPS) is 27.3. The molecule has 0 spiro atoms. The Morgan fingerprint density at radius 1 is 1.00 bits per heavy atom. The molecule has 3 N–H and O–H groups in total. The van der Waals surface area contributed by atoms with E-state index < -0.39 is 20.3 Å². The van der Waals surface area contributed by atoms with Crippen LogP contribution in [0.5, 0.6) is 0 Å². The van der Waals surface area contributed by atoms with Gasteiger partial charge in [-0.25, -0.2) is 0 Å². The maximum Gasteiger partial charge on any atom is 1.00 e. The quantitative estimate of drug-likeness (QED) is 0.250. The van der Waals surface area contributed by atoms with Gasteiger partial charge in [-0.3, -0.25) is 0 Å². The smallest absolute Gasteiger partial charge is 0.776 e. The van der Waals surface area contributed by atoms with Crippen molar-refractivity contribution in [3.05, 3.63) is 11.6 Å². The van der Waals surface area contributed by atoms with Gasteiger partial charge in [0.05, 0.1) is 0 Å². The first-order valence-corrected chi connectivity index (χ1v) is 9.65. The summed E-state index contributed by atoms with van der Waals surface area (Å²) in [6, 6.07) is 0. The second kappa shape index (κ2) is 8.35. The van der Waals surface area contributed by atoms with E-state index in [-0.39, 0.29) is 69.9 Å². The molecule has 0 aromatic carbocycles. The van der Waals surface area contributed by atoms with Gasteiger partial charge in [0.15, 0.2) is 15.2 Å². The SMILES string of the molecule is CC1(C)CC(=CC(O)(P(=O)([O-])O)P(=O)([O-])O)CC(C)(C)C1.[Na+].[Na+]. The molecule has 0 aliphatic heterocycles. The minimum atomic E-state index is -5.76. The van der Waals surface area contributed by atoms with Crippen LogP contribution in [0, 0.1) is 10.8 Å². The Hall–Kier alpha value is 2.00. The molecule has 0 bridgehead atoms. The van der Waals surface area contributed by atoms with E-state index in [0.717, 1.165) is 6.42 Å². The van der Waals surface area contributed by atoms with E-state index in [2.05, 4.69) is 0 Å². The Kier molecular flexibility index (Phi) is 9.88. The fourth-order valence-electron chi connectivity index (χ4n) is 3.41. The van der Waals surface area contributed by atoms with Gasteiger partial charge < -0.3 is 33.8 Å². The zero-order valence-corrected chi connectivity index (χ0v) is 20.4. The zero-order chi connectivity index (χ0) is 16.9. The van der Waals surface area contributed by atoms with Crippen LogP contribution >= 0.6 is 15.2 Å². The number of aliphatic hydroxyl groups is 1. The number of hydrogen-bond acceptors (Lipinski definition) is 5. The molecule has 124 valence electrons. The topological polar surface area (TPSA) is 141 Å². The molecule has 2 atom stereocenters. The van der Waals surface area contributed by atoms with E-state index in [1.807, 2.05) is 27.7 Å². The first-order chi connectivity index (χ1) is 8.99. The summed E-state index contributed by atoms with van der Waals surface area (Å²) < 4.78 is 22.5. The molecule has 1 fully saturated rings. The first kappa shape index (κ1) is 27.2. The van der Waals surface area contributed by atoms with Crippen LogP contribution in [0.1, 0.15) is 47.0 Å². The Morgan fingerprint density at radius 3 is 1.57 bits per heavy atom. The minimum Gasteiger partial charge on any atom is -0.776 e. The fourth-order valence-corrected chi connectivity index (χ4v) is 5.38. The summed E-state index contributed by atoms with van der Waals surface area (Å²) in [4.78, 5) is 40.6. The third kappa shape index (κ3) is 6.91. The van der Waals surface area contributed by atoms with Crippen LogP contribution in [0.15, 0.2) is 11.6 Å². The van der Waals surface area contributed by atoms with Crippen molar-refractivity contribution in [2.75, 3.05) is 0 Å². The van der Waals surface area contributed by atoms with Crippen LogP contribution in [0.3, 0.4) is 0 Å². The van der Waals surface area contributed by atoms with E-state index in [4.69, 9.17) is 9.79 Å². The molecule has 11 heteroatoms. The number of rotatable bonds is 3. The van der Waals surface area contributed by atoms with Crippen LogP contribution in [0.2, 0.25) is 0 Å². The Balaban J connectivity index is 0. The van der Waals surface area contributed by atoms with E-state index in [9.17, 15) is 24.0 Å². The predicted octanol–water partition coefficient (Wildman–Crippen LogP) is -5.11. The van der Waals surface area contributed by atoms with E-state index >= 15 is 0 Å². The summed E-state index contributed by atoms with van der Waals surface area (Å²) in [5.74, 6) is 0. The van der Waals surface area contributed by atoms with Crippen molar-refractivity contribution in [3.63, 3.8) is 0 Å². The van der Waals surface area contributed by atoms with Gasteiger partial charge in [0, 0.05) is 0 Å². The molecule has 0 aromatic heterocycles. The monoisotopic (exact) mass is 386 g/mol. The molecule has 0 aromatic rings. The molecule has 0 saturated heterocycles. The second-order valence-corrected chi connectivity index (χ2v) is 11.2. The largest absolute Gasteiger partial charge is 1.00 e. The van der Waals surface area contributed by atoms with Crippen LogP contribution < -0.4 is 68.9 Å². The second-order valence-electron chi connectivity index (χ2n) is 7.39. The summed E-state index contributed by atoms with van der Waals surface area (Å²) in [6.45, 7) is 7.75. The molecule has 23 heavy (non-hydrogen) atoms. The van der Waals surface area contributed by atoms with Crippen molar-refractivity contribution in [2.45, 2.75) is 52.0 Å². The van der Waals surface area contributed by atoms with Gasteiger partial charge in [-0.05, 0) is 36.2 Å². The third-order valence-electron chi connectivity index (χ3n) is 3.60. The zero-order valence-electron chi connectivity index (χ0n) is 14.6. The predicted molar refractivity (Wildman–Crippen MR) is 74.1 cm³/mol. The third-order valence-corrected chi connectivity index (χ3v) is 7.04.